The van der Waals surface area contributed by atoms with Crippen LogP contribution < -0.4 is 10.5 Å². The van der Waals surface area contributed by atoms with Crippen LogP contribution >= 0.6 is 0 Å². The molecular weight excluding hydrogens is 206 g/mol. The van der Waals surface area contributed by atoms with Gasteiger partial charge in [-0.05, 0) is 19.4 Å². The largest absolute Gasteiger partial charge is 0.463 e. The van der Waals surface area contributed by atoms with Gasteiger partial charge in [0.1, 0.15) is 0 Å². The van der Waals surface area contributed by atoms with Crippen molar-refractivity contribution in [1.82, 2.24) is 9.97 Å². The molecule has 0 amide bonds. The minimum Gasteiger partial charge on any atom is -0.463 e. The zero-order valence-corrected chi connectivity index (χ0v) is 9.48. The van der Waals surface area contributed by atoms with Gasteiger partial charge in [0, 0.05) is 24.8 Å². The van der Waals surface area contributed by atoms with Crippen LogP contribution in [-0.2, 0) is 11.3 Å². The highest BCUT2D eigenvalue weighted by molar-refractivity contribution is 5.12. The predicted molar refractivity (Wildman–Crippen MR) is 59.1 cm³/mol. The second-order valence-electron chi connectivity index (χ2n) is 4.03. The van der Waals surface area contributed by atoms with Gasteiger partial charge in [-0.2, -0.15) is 4.98 Å². The van der Waals surface area contributed by atoms with E-state index in [-0.39, 0.29) is 0 Å². The predicted octanol–water partition coefficient (Wildman–Crippen LogP) is 0.659. The van der Waals surface area contributed by atoms with Gasteiger partial charge in [0.15, 0.2) is 0 Å². The van der Waals surface area contributed by atoms with E-state index in [4.69, 9.17) is 15.2 Å². The molecule has 5 nitrogen and oxygen atoms in total. The Balaban J connectivity index is 1.94. The van der Waals surface area contributed by atoms with Crippen molar-refractivity contribution in [2.45, 2.75) is 19.9 Å². The highest BCUT2D eigenvalue weighted by atomic mass is 16.5. The zero-order valence-electron chi connectivity index (χ0n) is 9.48. The Bertz CT molecular complexity index is 351. The molecule has 2 N–H and O–H groups in total. The molecule has 1 aromatic heterocycles. The number of nitrogens with zero attached hydrogens (tertiary/aromatic N) is 2. The molecule has 5 heteroatoms. The lowest BCUT2D eigenvalue weighted by molar-refractivity contribution is 0.163. The van der Waals surface area contributed by atoms with Crippen molar-refractivity contribution in [3.8, 4) is 6.01 Å². The number of aromatic nitrogens is 2. The van der Waals surface area contributed by atoms with Crippen molar-refractivity contribution in [3.63, 3.8) is 0 Å². The van der Waals surface area contributed by atoms with Crippen molar-refractivity contribution < 1.29 is 9.47 Å². The van der Waals surface area contributed by atoms with Crippen molar-refractivity contribution in [2.75, 3.05) is 19.8 Å². The Hall–Kier alpha value is -1.20. The minimum atomic E-state index is 0.409. The molecule has 1 fully saturated rings. The lowest BCUT2D eigenvalue weighted by atomic mass is 10.1. The number of ether oxygens (including phenoxy) is 2. The summed E-state index contributed by atoms with van der Waals surface area (Å²) in [7, 11) is 0. The van der Waals surface area contributed by atoms with Gasteiger partial charge in [0.25, 0.3) is 0 Å². The summed E-state index contributed by atoms with van der Waals surface area (Å²) in [6, 6.07) is 2.29. The Morgan fingerprint density at radius 3 is 3.12 bits per heavy atom. The number of aryl methyl sites for hydroxylation is 1. The third-order valence-electron chi connectivity index (χ3n) is 2.57. The van der Waals surface area contributed by atoms with Crippen molar-refractivity contribution in [3.05, 3.63) is 17.5 Å². The summed E-state index contributed by atoms with van der Waals surface area (Å²) in [6.07, 6.45) is 1.05. The van der Waals surface area contributed by atoms with Crippen LogP contribution in [0.1, 0.15) is 17.8 Å². The fourth-order valence-electron chi connectivity index (χ4n) is 1.68. The van der Waals surface area contributed by atoms with Gasteiger partial charge in [-0.15, -0.1) is 0 Å². The molecule has 1 saturated heterocycles. The van der Waals surface area contributed by atoms with E-state index in [0.29, 0.717) is 25.1 Å². The molecule has 0 radical (unpaired) electrons. The summed E-state index contributed by atoms with van der Waals surface area (Å²) in [5.74, 6) is 0.463. The van der Waals surface area contributed by atoms with Gasteiger partial charge in [-0.3, -0.25) is 0 Å². The average Bonchev–Trinajstić information content (AvgIpc) is 2.78. The molecule has 1 aromatic rings. The lowest BCUT2D eigenvalue weighted by Crippen LogP contribution is -2.14. The van der Waals surface area contributed by atoms with Gasteiger partial charge in [-0.25, -0.2) is 4.98 Å². The van der Waals surface area contributed by atoms with E-state index in [2.05, 4.69) is 9.97 Å². The van der Waals surface area contributed by atoms with E-state index in [1.54, 1.807) is 0 Å². The molecule has 2 rings (SSSR count). The summed E-state index contributed by atoms with van der Waals surface area (Å²) in [5, 5.41) is 0. The molecule has 1 unspecified atom stereocenters. The lowest BCUT2D eigenvalue weighted by Gasteiger charge is -2.09. The topological polar surface area (TPSA) is 70.3 Å². The van der Waals surface area contributed by atoms with Crippen LogP contribution in [0.3, 0.4) is 0 Å². The highest BCUT2D eigenvalue weighted by Gasteiger charge is 2.16. The monoisotopic (exact) mass is 223 g/mol. The number of rotatable bonds is 4. The first-order chi connectivity index (χ1) is 7.78. The van der Waals surface area contributed by atoms with Crippen molar-refractivity contribution >= 4 is 0 Å². The molecule has 0 saturated carbocycles. The van der Waals surface area contributed by atoms with Gasteiger partial charge in [0.2, 0.25) is 0 Å². The zero-order chi connectivity index (χ0) is 11.4. The Kier molecular flexibility index (Phi) is 3.69. The SMILES string of the molecule is Cc1cc(CN)nc(OCC2CCOC2)n1. The van der Waals surface area contributed by atoms with Crippen LogP contribution in [0.25, 0.3) is 0 Å². The molecule has 0 bridgehead atoms. The quantitative estimate of drug-likeness (QED) is 0.812. The molecular formula is C11H17N3O2. The fraction of sp³-hybridized carbons (Fsp3) is 0.636. The summed E-state index contributed by atoms with van der Waals surface area (Å²) in [4.78, 5) is 8.43. The van der Waals surface area contributed by atoms with E-state index in [1.807, 2.05) is 13.0 Å². The van der Waals surface area contributed by atoms with E-state index in [0.717, 1.165) is 31.0 Å². The molecule has 16 heavy (non-hydrogen) atoms. The number of hydrogen-bond donors (Lipinski definition) is 1. The van der Waals surface area contributed by atoms with Gasteiger partial charge in [0.05, 0.1) is 18.9 Å². The average molecular weight is 223 g/mol. The summed E-state index contributed by atoms with van der Waals surface area (Å²) in [6.45, 7) is 4.54. The minimum absolute atomic E-state index is 0.409. The molecule has 0 aromatic carbocycles. The second-order valence-corrected chi connectivity index (χ2v) is 4.03. The normalized spacial score (nSPS) is 20.0. The molecule has 0 aliphatic carbocycles. The van der Waals surface area contributed by atoms with Crippen molar-refractivity contribution in [1.29, 1.82) is 0 Å². The third kappa shape index (κ3) is 2.90. The third-order valence-corrected chi connectivity index (χ3v) is 2.57. The maximum absolute atomic E-state index is 5.56. The first-order valence-electron chi connectivity index (χ1n) is 5.53. The van der Waals surface area contributed by atoms with Crippen LogP contribution in [0.4, 0.5) is 0 Å². The number of hydrogen-bond acceptors (Lipinski definition) is 5. The van der Waals surface area contributed by atoms with Crippen LogP contribution in [0.15, 0.2) is 6.07 Å². The Morgan fingerprint density at radius 2 is 2.44 bits per heavy atom. The maximum Gasteiger partial charge on any atom is 0.316 e. The Morgan fingerprint density at radius 1 is 1.56 bits per heavy atom. The van der Waals surface area contributed by atoms with E-state index < -0.39 is 0 Å². The summed E-state index contributed by atoms with van der Waals surface area (Å²) < 4.78 is 10.8. The van der Waals surface area contributed by atoms with Crippen molar-refractivity contribution in [2.24, 2.45) is 11.7 Å². The standard InChI is InChI=1S/C11H17N3O2/c1-8-4-10(5-12)14-11(13-8)16-7-9-2-3-15-6-9/h4,9H,2-3,5-7,12H2,1H3. The van der Waals surface area contributed by atoms with Gasteiger partial charge in [-0.1, -0.05) is 0 Å². The molecule has 1 aliphatic rings. The maximum atomic E-state index is 5.56. The van der Waals surface area contributed by atoms with Crippen LogP contribution in [0, 0.1) is 12.8 Å². The van der Waals surface area contributed by atoms with Crippen LogP contribution in [0.2, 0.25) is 0 Å². The molecule has 2 heterocycles. The van der Waals surface area contributed by atoms with Crippen LogP contribution in [-0.4, -0.2) is 29.8 Å². The molecule has 0 spiro atoms. The second kappa shape index (κ2) is 5.23. The fourth-order valence-corrected chi connectivity index (χ4v) is 1.68. The smallest absolute Gasteiger partial charge is 0.316 e. The first kappa shape index (κ1) is 11.3. The summed E-state index contributed by atoms with van der Waals surface area (Å²) >= 11 is 0. The Labute approximate surface area is 95.0 Å². The summed E-state index contributed by atoms with van der Waals surface area (Å²) in [5.41, 5.74) is 7.23. The van der Waals surface area contributed by atoms with E-state index in [1.165, 1.54) is 0 Å². The molecule has 1 atom stereocenters. The molecule has 1 aliphatic heterocycles. The first-order valence-corrected chi connectivity index (χ1v) is 5.53. The van der Waals surface area contributed by atoms with E-state index >= 15 is 0 Å². The number of nitrogens with two attached hydrogens (primary N) is 1. The van der Waals surface area contributed by atoms with E-state index in [9.17, 15) is 0 Å². The van der Waals surface area contributed by atoms with Crippen LogP contribution in [0.5, 0.6) is 6.01 Å². The molecule has 88 valence electrons. The van der Waals surface area contributed by atoms with Gasteiger partial charge >= 0.3 is 6.01 Å². The van der Waals surface area contributed by atoms with Gasteiger partial charge < -0.3 is 15.2 Å². The highest BCUT2D eigenvalue weighted by Crippen LogP contribution is 2.14.